The molecule has 6 heteroatoms. The van der Waals surface area contributed by atoms with Crippen molar-refractivity contribution in [3.05, 3.63) is 86.4 Å². The van der Waals surface area contributed by atoms with Gasteiger partial charge in [0, 0.05) is 4.88 Å². The van der Waals surface area contributed by atoms with Gasteiger partial charge in [0.2, 0.25) is 0 Å². The highest BCUT2D eigenvalue weighted by molar-refractivity contribution is 7.21. The predicted molar refractivity (Wildman–Crippen MR) is 110 cm³/mol. The van der Waals surface area contributed by atoms with E-state index >= 15 is 0 Å². The molecule has 4 rings (SSSR count). The second kappa shape index (κ2) is 6.88. The minimum atomic E-state index is -0.0444. The first-order valence-corrected chi connectivity index (χ1v) is 9.60. The third-order valence-electron chi connectivity index (χ3n) is 4.23. The van der Waals surface area contributed by atoms with Crippen molar-refractivity contribution in [1.82, 2.24) is 9.55 Å². The summed E-state index contributed by atoms with van der Waals surface area (Å²) in [4.78, 5) is 19.5. The van der Waals surface area contributed by atoms with Crippen LogP contribution >= 0.6 is 34.5 Å². The molecule has 0 N–H and O–H groups in total. The van der Waals surface area contributed by atoms with Crippen molar-refractivity contribution in [2.24, 2.45) is 0 Å². The van der Waals surface area contributed by atoms with Crippen LogP contribution in [-0.4, -0.2) is 9.55 Å². The van der Waals surface area contributed by atoms with Crippen molar-refractivity contribution >= 4 is 44.8 Å². The number of aromatic nitrogens is 2. The Kier molecular flexibility index (Phi) is 4.57. The van der Waals surface area contributed by atoms with Gasteiger partial charge in [-0.15, -0.1) is 11.3 Å². The Bertz CT molecular complexity index is 1170. The van der Waals surface area contributed by atoms with E-state index in [4.69, 9.17) is 23.2 Å². The molecular formula is C20H14Cl2N2OS. The Morgan fingerprint density at radius 2 is 1.81 bits per heavy atom. The Morgan fingerprint density at radius 1 is 1.04 bits per heavy atom. The Labute approximate surface area is 164 Å². The van der Waals surface area contributed by atoms with E-state index in [9.17, 15) is 4.79 Å². The zero-order valence-electron chi connectivity index (χ0n) is 13.9. The highest BCUT2D eigenvalue weighted by Gasteiger charge is 2.13. The molecule has 2 heterocycles. The van der Waals surface area contributed by atoms with E-state index in [1.807, 2.05) is 49.4 Å². The first kappa shape index (κ1) is 17.3. The van der Waals surface area contributed by atoms with Gasteiger partial charge in [-0.1, -0.05) is 59.6 Å². The fourth-order valence-corrected chi connectivity index (χ4v) is 4.26. The number of aryl methyl sites for hydroxylation is 1. The smallest absolute Gasteiger partial charge is 0.262 e. The molecule has 4 aromatic rings. The third kappa shape index (κ3) is 3.16. The van der Waals surface area contributed by atoms with Crippen LogP contribution in [0, 0.1) is 6.92 Å². The van der Waals surface area contributed by atoms with Gasteiger partial charge in [-0.2, -0.15) is 0 Å². The fraction of sp³-hybridized carbons (Fsp3) is 0.100. The highest BCUT2D eigenvalue weighted by Crippen LogP contribution is 2.31. The summed E-state index contributed by atoms with van der Waals surface area (Å²) >= 11 is 13.6. The zero-order chi connectivity index (χ0) is 18.3. The van der Waals surface area contributed by atoms with Crippen molar-refractivity contribution in [2.45, 2.75) is 13.5 Å². The second-order valence-electron chi connectivity index (χ2n) is 5.99. The molecule has 2 aromatic carbocycles. The molecule has 0 bridgehead atoms. The van der Waals surface area contributed by atoms with Crippen LogP contribution < -0.4 is 5.56 Å². The van der Waals surface area contributed by atoms with E-state index in [1.54, 1.807) is 16.7 Å². The van der Waals surface area contributed by atoms with Gasteiger partial charge < -0.3 is 0 Å². The zero-order valence-corrected chi connectivity index (χ0v) is 16.2. The van der Waals surface area contributed by atoms with Gasteiger partial charge in [0.05, 0.1) is 22.0 Å². The minimum Gasteiger partial charge on any atom is -0.292 e. The summed E-state index contributed by atoms with van der Waals surface area (Å²) in [6, 6.07) is 17.3. The summed E-state index contributed by atoms with van der Waals surface area (Å²) in [7, 11) is 0. The van der Waals surface area contributed by atoms with Gasteiger partial charge in [-0.05, 0) is 36.2 Å². The molecule has 0 radical (unpaired) electrons. The number of rotatable bonds is 3. The largest absolute Gasteiger partial charge is 0.292 e. The Morgan fingerprint density at radius 3 is 2.54 bits per heavy atom. The number of benzene rings is 2. The van der Waals surface area contributed by atoms with Crippen LogP contribution in [0.4, 0.5) is 0 Å². The summed E-state index contributed by atoms with van der Waals surface area (Å²) in [6.45, 7) is 2.25. The van der Waals surface area contributed by atoms with Crippen molar-refractivity contribution < 1.29 is 0 Å². The molecule has 0 saturated carbocycles. The third-order valence-corrected chi connectivity index (χ3v) is 6.04. The summed E-state index contributed by atoms with van der Waals surface area (Å²) in [5, 5.41) is 1.61. The topological polar surface area (TPSA) is 34.9 Å². The van der Waals surface area contributed by atoms with E-state index in [2.05, 4.69) is 4.98 Å². The van der Waals surface area contributed by atoms with Crippen LogP contribution in [0.15, 0.2) is 59.4 Å². The monoisotopic (exact) mass is 400 g/mol. The molecule has 0 atom stereocenters. The van der Waals surface area contributed by atoms with Crippen LogP contribution in [-0.2, 0) is 6.54 Å². The molecule has 130 valence electrons. The van der Waals surface area contributed by atoms with Crippen LogP contribution in [0.25, 0.3) is 20.7 Å². The molecule has 2 aromatic heterocycles. The SMILES string of the molecule is Cc1nc2sc(-c3ccccc3)cc2c(=O)n1Cc1ccc(Cl)c(Cl)c1. The number of halogens is 2. The van der Waals surface area contributed by atoms with Gasteiger partial charge in [0.1, 0.15) is 10.7 Å². The number of fused-ring (bicyclic) bond motifs is 1. The molecule has 0 spiro atoms. The Balaban J connectivity index is 1.80. The van der Waals surface area contributed by atoms with E-state index in [0.717, 1.165) is 20.8 Å². The lowest BCUT2D eigenvalue weighted by atomic mass is 10.2. The van der Waals surface area contributed by atoms with Crippen LogP contribution in [0.3, 0.4) is 0 Å². The van der Waals surface area contributed by atoms with E-state index in [1.165, 1.54) is 11.3 Å². The van der Waals surface area contributed by atoms with Crippen LogP contribution in [0.2, 0.25) is 10.0 Å². The van der Waals surface area contributed by atoms with Gasteiger partial charge in [0.25, 0.3) is 5.56 Å². The quantitative estimate of drug-likeness (QED) is 0.436. The number of nitrogens with zero attached hydrogens (tertiary/aromatic N) is 2. The van der Waals surface area contributed by atoms with Gasteiger partial charge in [0.15, 0.2) is 0 Å². The average molecular weight is 401 g/mol. The van der Waals surface area contributed by atoms with E-state index in [-0.39, 0.29) is 5.56 Å². The molecule has 26 heavy (non-hydrogen) atoms. The van der Waals surface area contributed by atoms with Gasteiger partial charge in [-0.3, -0.25) is 9.36 Å². The summed E-state index contributed by atoms with van der Waals surface area (Å²) in [5.41, 5.74) is 1.95. The maximum atomic E-state index is 13.0. The minimum absolute atomic E-state index is 0.0444. The summed E-state index contributed by atoms with van der Waals surface area (Å²) in [6.07, 6.45) is 0. The van der Waals surface area contributed by atoms with E-state index < -0.39 is 0 Å². The van der Waals surface area contributed by atoms with E-state index in [0.29, 0.717) is 27.8 Å². The summed E-state index contributed by atoms with van der Waals surface area (Å²) < 4.78 is 1.67. The first-order valence-electron chi connectivity index (χ1n) is 8.03. The molecule has 0 amide bonds. The van der Waals surface area contributed by atoms with Gasteiger partial charge >= 0.3 is 0 Å². The standard InChI is InChI=1S/C20H14Cl2N2OS/c1-12-23-19-15(10-18(26-19)14-5-3-2-4-6-14)20(25)24(12)11-13-7-8-16(21)17(22)9-13/h2-10H,11H2,1H3. The second-order valence-corrected chi connectivity index (χ2v) is 7.84. The molecule has 3 nitrogen and oxygen atoms in total. The fourth-order valence-electron chi connectivity index (χ4n) is 2.87. The lowest BCUT2D eigenvalue weighted by molar-refractivity contribution is 0.714. The first-order chi connectivity index (χ1) is 12.5. The van der Waals surface area contributed by atoms with Crippen LogP contribution in [0.1, 0.15) is 11.4 Å². The van der Waals surface area contributed by atoms with Crippen LogP contribution in [0.5, 0.6) is 0 Å². The lowest BCUT2D eigenvalue weighted by Gasteiger charge is -2.10. The molecule has 0 saturated heterocycles. The predicted octanol–water partition coefficient (Wildman–Crippen LogP) is 5.79. The van der Waals surface area contributed by atoms with Crippen molar-refractivity contribution in [2.75, 3.05) is 0 Å². The normalized spacial score (nSPS) is 11.2. The molecule has 0 unspecified atom stereocenters. The van der Waals surface area contributed by atoms with Crippen molar-refractivity contribution in [1.29, 1.82) is 0 Å². The highest BCUT2D eigenvalue weighted by atomic mass is 35.5. The van der Waals surface area contributed by atoms with Crippen molar-refractivity contribution in [3.63, 3.8) is 0 Å². The number of hydrogen-bond donors (Lipinski definition) is 0. The maximum absolute atomic E-state index is 13.0. The Hall–Kier alpha value is -2.14. The molecule has 0 aliphatic carbocycles. The van der Waals surface area contributed by atoms with Crippen molar-refractivity contribution in [3.8, 4) is 10.4 Å². The van der Waals surface area contributed by atoms with Gasteiger partial charge in [-0.25, -0.2) is 4.98 Å². The molecular weight excluding hydrogens is 387 g/mol. The molecule has 0 aliphatic rings. The number of thiophene rings is 1. The molecule has 0 fully saturated rings. The summed E-state index contributed by atoms with van der Waals surface area (Å²) in [5.74, 6) is 0.676. The molecule has 0 aliphatic heterocycles. The number of hydrogen-bond acceptors (Lipinski definition) is 3. The lowest BCUT2D eigenvalue weighted by Crippen LogP contribution is -2.23. The maximum Gasteiger partial charge on any atom is 0.262 e. The average Bonchev–Trinajstić information content (AvgIpc) is 3.06.